The Labute approximate surface area is 175 Å². The molecule has 0 spiro atoms. The molecule has 1 saturated heterocycles. The summed E-state index contributed by atoms with van der Waals surface area (Å²) in [5, 5.41) is 2.99. The van der Waals surface area contributed by atoms with Crippen molar-refractivity contribution in [2.45, 2.75) is 26.7 Å². The van der Waals surface area contributed by atoms with Crippen LogP contribution in [0.4, 0.5) is 5.69 Å². The molecule has 1 heterocycles. The molecule has 2 aromatic rings. The Bertz CT molecular complexity index is 1040. The lowest BCUT2D eigenvalue weighted by molar-refractivity contribution is -0.123. The van der Waals surface area contributed by atoms with Crippen molar-refractivity contribution in [3.05, 3.63) is 64.7 Å². The van der Waals surface area contributed by atoms with Crippen molar-refractivity contribution in [2.24, 2.45) is 5.41 Å². The van der Waals surface area contributed by atoms with Gasteiger partial charge in [0, 0.05) is 6.54 Å². The highest BCUT2D eigenvalue weighted by Crippen LogP contribution is 2.36. The van der Waals surface area contributed by atoms with Crippen LogP contribution in [0.25, 0.3) is 0 Å². The number of aryl methyl sites for hydroxylation is 1. The van der Waals surface area contributed by atoms with Crippen LogP contribution >= 0.6 is 11.6 Å². The standard InChI is InChI=1S/C21H23ClN2O4S/c1-21(2)14-29(27,28)24(20(21)26)16-10-11-18(22)17(13-16)19(25)23-12-6-9-15-7-4-3-5-8-15/h3-5,7-8,10-11,13H,6,9,12,14H2,1-2H3,(H,23,25). The van der Waals surface area contributed by atoms with E-state index in [-0.39, 0.29) is 22.0 Å². The Morgan fingerprint density at radius 2 is 1.86 bits per heavy atom. The molecule has 2 aromatic carbocycles. The van der Waals surface area contributed by atoms with Crippen LogP contribution < -0.4 is 9.62 Å². The zero-order valence-electron chi connectivity index (χ0n) is 16.3. The fraction of sp³-hybridized carbons (Fsp3) is 0.333. The molecule has 1 fully saturated rings. The number of anilines is 1. The monoisotopic (exact) mass is 434 g/mol. The summed E-state index contributed by atoms with van der Waals surface area (Å²) in [5.74, 6) is -1.20. The van der Waals surface area contributed by atoms with Crippen LogP contribution in [0.5, 0.6) is 0 Å². The van der Waals surface area contributed by atoms with Crippen LogP contribution in [0.2, 0.25) is 5.02 Å². The fourth-order valence-electron chi connectivity index (χ4n) is 3.31. The zero-order valence-corrected chi connectivity index (χ0v) is 17.9. The molecule has 1 aliphatic rings. The molecule has 0 bridgehead atoms. The molecule has 3 rings (SSSR count). The Hall–Kier alpha value is -2.38. The lowest BCUT2D eigenvalue weighted by Crippen LogP contribution is -2.33. The van der Waals surface area contributed by atoms with Gasteiger partial charge in [-0.2, -0.15) is 0 Å². The van der Waals surface area contributed by atoms with E-state index in [0.29, 0.717) is 6.54 Å². The average molecular weight is 435 g/mol. The summed E-state index contributed by atoms with van der Waals surface area (Å²) < 4.78 is 25.7. The second-order valence-corrected chi connectivity index (χ2v) is 9.94. The van der Waals surface area contributed by atoms with E-state index in [2.05, 4.69) is 5.32 Å². The summed E-state index contributed by atoms with van der Waals surface area (Å²) in [6, 6.07) is 14.2. The largest absolute Gasteiger partial charge is 0.352 e. The third-order valence-electron chi connectivity index (χ3n) is 4.78. The molecule has 154 valence electrons. The van der Waals surface area contributed by atoms with Gasteiger partial charge in [0.15, 0.2) is 0 Å². The van der Waals surface area contributed by atoms with Crippen molar-refractivity contribution in [3.8, 4) is 0 Å². The number of carbonyl (C=O) groups is 2. The first kappa shape index (κ1) is 21.3. The number of halogens is 1. The van der Waals surface area contributed by atoms with Crippen LogP contribution in [-0.4, -0.2) is 32.5 Å². The van der Waals surface area contributed by atoms with E-state index in [1.165, 1.54) is 23.8 Å². The van der Waals surface area contributed by atoms with E-state index in [9.17, 15) is 18.0 Å². The number of hydrogen-bond acceptors (Lipinski definition) is 4. The molecule has 29 heavy (non-hydrogen) atoms. The number of amides is 2. The molecule has 0 aliphatic carbocycles. The van der Waals surface area contributed by atoms with Crippen molar-refractivity contribution in [1.82, 2.24) is 5.32 Å². The Morgan fingerprint density at radius 1 is 1.17 bits per heavy atom. The number of nitrogens with zero attached hydrogens (tertiary/aromatic N) is 1. The van der Waals surface area contributed by atoms with Gasteiger partial charge in [-0.3, -0.25) is 9.59 Å². The highest BCUT2D eigenvalue weighted by atomic mass is 35.5. The van der Waals surface area contributed by atoms with Crippen molar-refractivity contribution in [3.63, 3.8) is 0 Å². The fourth-order valence-corrected chi connectivity index (χ4v) is 5.61. The smallest absolute Gasteiger partial charge is 0.252 e. The lowest BCUT2D eigenvalue weighted by atomic mass is 9.95. The molecule has 0 aromatic heterocycles. The van der Waals surface area contributed by atoms with Gasteiger partial charge in [0.05, 0.1) is 27.4 Å². The number of hydrogen-bond donors (Lipinski definition) is 1. The number of nitrogens with one attached hydrogen (secondary N) is 1. The van der Waals surface area contributed by atoms with Gasteiger partial charge in [0.2, 0.25) is 15.9 Å². The molecule has 0 atom stereocenters. The number of benzene rings is 2. The molecule has 2 amide bonds. The normalized spacial score (nSPS) is 17.3. The van der Waals surface area contributed by atoms with E-state index < -0.39 is 27.3 Å². The van der Waals surface area contributed by atoms with E-state index in [4.69, 9.17) is 11.6 Å². The van der Waals surface area contributed by atoms with Gasteiger partial charge < -0.3 is 5.32 Å². The molecule has 0 saturated carbocycles. The van der Waals surface area contributed by atoms with Crippen molar-refractivity contribution < 1.29 is 18.0 Å². The summed E-state index contributed by atoms with van der Waals surface area (Å²) in [6.07, 6.45) is 1.57. The molecule has 6 nitrogen and oxygen atoms in total. The van der Waals surface area contributed by atoms with Gasteiger partial charge >= 0.3 is 0 Å². The van der Waals surface area contributed by atoms with E-state index in [0.717, 1.165) is 17.1 Å². The van der Waals surface area contributed by atoms with E-state index >= 15 is 0 Å². The van der Waals surface area contributed by atoms with Gasteiger partial charge in [0.25, 0.3) is 5.91 Å². The molecular weight excluding hydrogens is 412 g/mol. The lowest BCUT2D eigenvalue weighted by Gasteiger charge is -2.18. The first-order chi connectivity index (χ1) is 13.6. The minimum atomic E-state index is -3.79. The SMILES string of the molecule is CC1(C)CS(=O)(=O)N(c2ccc(Cl)c(C(=O)NCCCc3ccccc3)c2)C1=O. The molecule has 0 radical (unpaired) electrons. The summed E-state index contributed by atoms with van der Waals surface area (Å²) >= 11 is 6.16. The van der Waals surface area contributed by atoms with Gasteiger partial charge in [-0.15, -0.1) is 0 Å². The second kappa shape index (κ2) is 8.16. The Morgan fingerprint density at radius 3 is 2.48 bits per heavy atom. The van der Waals surface area contributed by atoms with Crippen LogP contribution in [-0.2, 0) is 21.2 Å². The van der Waals surface area contributed by atoms with Gasteiger partial charge in [-0.05, 0) is 50.5 Å². The maximum Gasteiger partial charge on any atom is 0.252 e. The highest BCUT2D eigenvalue weighted by molar-refractivity contribution is 7.94. The predicted octanol–water partition coefficient (Wildman–Crippen LogP) is 3.41. The second-order valence-electron chi connectivity index (χ2n) is 7.72. The quantitative estimate of drug-likeness (QED) is 0.706. The van der Waals surface area contributed by atoms with Gasteiger partial charge in [-0.1, -0.05) is 41.9 Å². The highest BCUT2D eigenvalue weighted by Gasteiger charge is 2.50. The maximum absolute atomic E-state index is 12.6. The molecule has 8 heteroatoms. The number of sulfonamides is 1. The third kappa shape index (κ3) is 4.62. The summed E-state index contributed by atoms with van der Waals surface area (Å²) in [6.45, 7) is 3.62. The van der Waals surface area contributed by atoms with Crippen LogP contribution in [0.1, 0.15) is 36.2 Å². The number of rotatable bonds is 6. The Balaban J connectivity index is 1.72. The first-order valence-electron chi connectivity index (χ1n) is 9.31. The molecule has 1 N–H and O–H groups in total. The topological polar surface area (TPSA) is 83.6 Å². The predicted molar refractivity (Wildman–Crippen MR) is 114 cm³/mol. The minimum Gasteiger partial charge on any atom is -0.352 e. The van der Waals surface area contributed by atoms with E-state index in [1.807, 2.05) is 30.3 Å². The molecule has 1 aliphatic heterocycles. The molecule has 0 unspecified atom stereocenters. The molecular formula is C21H23ClN2O4S. The van der Waals surface area contributed by atoms with Crippen molar-refractivity contribution in [2.75, 3.05) is 16.6 Å². The van der Waals surface area contributed by atoms with Crippen molar-refractivity contribution in [1.29, 1.82) is 0 Å². The van der Waals surface area contributed by atoms with E-state index in [1.54, 1.807) is 13.8 Å². The van der Waals surface area contributed by atoms with Gasteiger partial charge in [-0.25, -0.2) is 12.7 Å². The zero-order chi connectivity index (χ0) is 21.2. The summed E-state index contributed by atoms with van der Waals surface area (Å²) in [4.78, 5) is 25.1. The van der Waals surface area contributed by atoms with Crippen molar-refractivity contribution >= 4 is 39.1 Å². The Kier molecular flexibility index (Phi) is 6.00. The number of carbonyl (C=O) groups excluding carboxylic acids is 2. The summed E-state index contributed by atoms with van der Waals surface area (Å²) in [5.41, 5.74) is 0.427. The minimum absolute atomic E-state index is 0.124. The summed E-state index contributed by atoms with van der Waals surface area (Å²) in [7, 11) is -3.79. The van der Waals surface area contributed by atoms with Crippen LogP contribution in [0.15, 0.2) is 48.5 Å². The first-order valence-corrected chi connectivity index (χ1v) is 11.3. The third-order valence-corrected chi connectivity index (χ3v) is 7.13. The van der Waals surface area contributed by atoms with Crippen LogP contribution in [0.3, 0.4) is 0 Å². The van der Waals surface area contributed by atoms with Crippen LogP contribution in [0, 0.1) is 5.41 Å². The maximum atomic E-state index is 12.6. The van der Waals surface area contributed by atoms with Gasteiger partial charge in [0.1, 0.15) is 0 Å². The average Bonchev–Trinajstić information content (AvgIpc) is 2.83.